The van der Waals surface area contributed by atoms with Crippen molar-refractivity contribution in [3.05, 3.63) is 23.2 Å². The number of hydrogen-bond acceptors (Lipinski definition) is 3. The van der Waals surface area contributed by atoms with E-state index >= 15 is 0 Å². The van der Waals surface area contributed by atoms with Gasteiger partial charge in [-0.05, 0) is 37.0 Å². The van der Waals surface area contributed by atoms with E-state index < -0.39 is 10.0 Å². The zero-order valence-corrected chi connectivity index (χ0v) is 12.7. The molecule has 4 nitrogen and oxygen atoms in total. The third kappa shape index (κ3) is 3.04. The molecule has 0 N–H and O–H groups in total. The fraction of sp³-hybridized carbons (Fsp3) is 0.538. The highest BCUT2D eigenvalue weighted by Gasteiger charge is 2.28. The monoisotopic (exact) mass is 303 g/mol. The van der Waals surface area contributed by atoms with Crippen molar-refractivity contribution >= 4 is 21.6 Å². The van der Waals surface area contributed by atoms with Gasteiger partial charge in [-0.15, -0.1) is 0 Å². The third-order valence-corrected chi connectivity index (χ3v) is 5.69. The van der Waals surface area contributed by atoms with Crippen molar-refractivity contribution in [2.24, 2.45) is 5.92 Å². The Labute approximate surface area is 119 Å². The number of benzene rings is 1. The summed E-state index contributed by atoms with van der Waals surface area (Å²) in [5.74, 6) is 1.07. The molecular formula is C13H18ClNO3S. The SMILES string of the molecule is COc1ccc(S(=O)(=O)N2CCC(C)CC2)cc1Cl. The van der Waals surface area contributed by atoms with Crippen LogP contribution in [0.2, 0.25) is 5.02 Å². The number of piperidine rings is 1. The second kappa shape index (κ2) is 5.69. The average molecular weight is 304 g/mol. The lowest BCUT2D eigenvalue weighted by molar-refractivity contribution is 0.288. The van der Waals surface area contributed by atoms with Gasteiger partial charge >= 0.3 is 0 Å². The predicted molar refractivity (Wildman–Crippen MR) is 75.2 cm³/mol. The third-order valence-electron chi connectivity index (χ3n) is 3.50. The number of rotatable bonds is 3. The summed E-state index contributed by atoms with van der Waals surface area (Å²) in [6.45, 7) is 3.30. The standard InChI is InChI=1S/C13H18ClNO3S/c1-10-5-7-15(8-6-10)19(16,17)11-3-4-13(18-2)12(14)9-11/h3-4,9-10H,5-8H2,1-2H3. The van der Waals surface area contributed by atoms with Crippen LogP contribution in [0.25, 0.3) is 0 Å². The summed E-state index contributed by atoms with van der Waals surface area (Å²) in [7, 11) is -1.94. The summed E-state index contributed by atoms with van der Waals surface area (Å²) >= 11 is 5.99. The lowest BCUT2D eigenvalue weighted by Crippen LogP contribution is -2.37. The van der Waals surface area contributed by atoms with Gasteiger partial charge in [0.25, 0.3) is 0 Å². The van der Waals surface area contributed by atoms with Crippen LogP contribution in [0.3, 0.4) is 0 Å². The Morgan fingerprint density at radius 2 is 1.95 bits per heavy atom. The molecule has 1 aromatic rings. The molecule has 1 aliphatic rings. The summed E-state index contributed by atoms with van der Waals surface area (Å²) in [6.07, 6.45) is 1.81. The maximum atomic E-state index is 12.5. The first-order chi connectivity index (χ1) is 8.95. The molecule has 0 bridgehead atoms. The maximum Gasteiger partial charge on any atom is 0.243 e. The van der Waals surface area contributed by atoms with Gasteiger partial charge in [-0.1, -0.05) is 18.5 Å². The molecule has 1 heterocycles. The lowest BCUT2D eigenvalue weighted by atomic mass is 10.0. The van der Waals surface area contributed by atoms with Gasteiger partial charge in [0.2, 0.25) is 10.0 Å². The molecule has 0 atom stereocenters. The molecule has 1 fully saturated rings. The van der Waals surface area contributed by atoms with Crippen molar-refractivity contribution in [3.8, 4) is 5.75 Å². The Balaban J connectivity index is 2.27. The van der Waals surface area contributed by atoms with E-state index in [1.807, 2.05) is 0 Å². The molecular weight excluding hydrogens is 286 g/mol. The molecule has 1 aliphatic heterocycles. The molecule has 0 aliphatic carbocycles. The number of ether oxygens (including phenoxy) is 1. The fourth-order valence-corrected chi connectivity index (χ4v) is 4.00. The number of halogens is 1. The highest BCUT2D eigenvalue weighted by Crippen LogP contribution is 2.29. The van der Waals surface area contributed by atoms with Gasteiger partial charge in [-0.25, -0.2) is 8.42 Å². The maximum absolute atomic E-state index is 12.5. The van der Waals surface area contributed by atoms with E-state index in [9.17, 15) is 8.42 Å². The van der Waals surface area contributed by atoms with Crippen LogP contribution in [-0.2, 0) is 10.0 Å². The quantitative estimate of drug-likeness (QED) is 0.862. The second-order valence-electron chi connectivity index (χ2n) is 4.88. The van der Waals surface area contributed by atoms with Gasteiger partial charge in [0, 0.05) is 13.1 Å². The largest absolute Gasteiger partial charge is 0.495 e. The molecule has 1 saturated heterocycles. The predicted octanol–water partition coefficient (Wildman–Crippen LogP) is 2.77. The van der Waals surface area contributed by atoms with Gasteiger partial charge in [0.1, 0.15) is 5.75 Å². The van der Waals surface area contributed by atoms with E-state index in [0.717, 1.165) is 12.8 Å². The summed E-state index contributed by atoms with van der Waals surface area (Å²) < 4.78 is 31.5. The molecule has 0 spiro atoms. The molecule has 106 valence electrons. The van der Waals surface area contributed by atoms with Crippen molar-refractivity contribution in [2.75, 3.05) is 20.2 Å². The molecule has 0 amide bonds. The minimum atomic E-state index is -3.44. The van der Waals surface area contributed by atoms with E-state index in [1.54, 1.807) is 6.07 Å². The van der Waals surface area contributed by atoms with Crippen molar-refractivity contribution in [1.82, 2.24) is 4.31 Å². The molecule has 0 radical (unpaired) electrons. The van der Waals surface area contributed by atoms with Crippen molar-refractivity contribution in [3.63, 3.8) is 0 Å². The topological polar surface area (TPSA) is 46.6 Å². The van der Waals surface area contributed by atoms with E-state index in [0.29, 0.717) is 29.8 Å². The Hall–Kier alpha value is -0.780. The summed E-state index contributed by atoms with van der Waals surface area (Å²) in [5.41, 5.74) is 0. The normalized spacial score (nSPS) is 18.5. The van der Waals surface area contributed by atoms with Crippen LogP contribution in [0, 0.1) is 5.92 Å². The van der Waals surface area contributed by atoms with Gasteiger partial charge < -0.3 is 4.74 Å². The molecule has 0 unspecified atom stereocenters. The van der Waals surface area contributed by atoms with Crippen LogP contribution in [0.4, 0.5) is 0 Å². The molecule has 2 rings (SSSR count). The Kier molecular flexibility index (Phi) is 4.38. The average Bonchev–Trinajstić information content (AvgIpc) is 2.39. The van der Waals surface area contributed by atoms with Crippen molar-refractivity contribution in [2.45, 2.75) is 24.7 Å². The molecule has 6 heteroatoms. The van der Waals surface area contributed by atoms with E-state index in [2.05, 4.69) is 6.92 Å². The highest BCUT2D eigenvalue weighted by atomic mass is 35.5. The Bertz CT molecular complexity index is 551. The van der Waals surface area contributed by atoms with Crippen LogP contribution >= 0.6 is 11.6 Å². The van der Waals surface area contributed by atoms with Crippen molar-refractivity contribution in [1.29, 1.82) is 0 Å². The van der Waals surface area contributed by atoms with Crippen LogP contribution < -0.4 is 4.74 Å². The number of hydrogen-bond donors (Lipinski definition) is 0. The minimum absolute atomic E-state index is 0.229. The first-order valence-electron chi connectivity index (χ1n) is 6.29. The van der Waals surface area contributed by atoms with Gasteiger partial charge in [-0.2, -0.15) is 4.31 Å². The Morgan fingerprint density at radius 3 is 2.47 bits per heavy atom. The van der Waals surface area contributed by atoms with Crippen LogP contribution in [0.15, 0.2) is 23.1 Å². The van der Waals surface area contributed by atoms with Crippen molar-refractivity contribution < 1.29 is 13.2 Å². The van der Waals surface area contributed by atoms with E-state index in [4.69, 9.17) is 16.3 Å². The molecule has 0 saturated carbocycles. The highest BCUT2D eigenvalue weighted by molar-refractivity contribution is 7.89. The summed E-state index contributed by atoms with van der Waals surface area (Å²) in [5, 5.41) is 0.314. The first kappa shape index (κ1) is 14.6. The fourth-order valence-electron chi connectivity index (χ4n) is 2.18. The first-order valence-corrected chi connectivity index (χ1v) is 8.10. The van der Waals surface area contributed by atoms with Crippen LogP contribution in [0.5, 0.6) is 5.75 Å². The van der Waals surface area contributed by atoms with E-state index in [1.165, 1.54) is 23.5 Å². The molecule has 0 aromatic heterocycles. The molecule has 1 aromatic carbocycles. The zero-order chi connectivity index (χ0) is 14.0. The summed E-state index contributed by atoms with van der Waals surface area (Å²) in [6, 6.07) is 4.58. The molecule has 19 heavy (non-hydrogen) atoms. The van der Waals surface area contributed by atoms with E-state index in [-0.39, 0.29) is 4.90 Å². The van der Waals surface area contributed by atoms with Crippen LogP contribution in [0.1, 0.15) is 19.8 Å². The smallest absolute Gasteiger partial charge is 0.243 e. The Morgan fingerprint density at radius 1 is 1.32 bits per heavy atom. The number of sulfonamides is 1. The van der Waals surface area contributed by atoms with Gasteiger partial charge in [0.05, 0.1) is 17.0 Å². The lowest BCUT2D eigenvalue weighted by Gasteiger charge is -2.29. The van der Waals surface area contributed by atoms with Crippen LogP contribution in [-0.4, -0.2) is 32.9 Å². The summed E-state index contributed by atoms with van der Waals surface area (Å²) in [4.78, 5) is 0.229. The number of methoxy groups -OCH3 is 1. The second-order valence-corrected chi connectivity index (χ2v) is 7.23. The zero-order valence-electron chi connectivity index (χ0n) is 11.1. The number of nitrogens with zero attached hydrogens (tertiary/aromatic N) is 1. The minimum Gasteiger partial charge on any atom is -0.495 e. The van der Waals surface area contributed by atoms with Gasteiger partial charge in [-0.3, -0.25) is 0 Å². The van der Waals surface area contributed by atoms with Gasteiger partial charge in [0.15, 0.2) is 0 Å².